The number of nitrogens with one attached hydrogen (secondary N) is 1. The Balaban J connectivity index is 1.62. The van der Waals surface area contributed by atoms with E-state index < -0.39 is 0 Å². The Morgan fingerprint density at radius 3 is 2.59 bits per heavy atom. The zero-order valence-corrected chi connectivity index (χ0v) is 14.2. The summed E-state index contributed by atoms with van der Waals surface area (Å²) in [5, 5.41) is 3.02. The lowest BCUT2D eigenvalue weighted by Gasteiger charge is -2.35. The molecule has 0 aromatic carbocycles. The van der Waals surface area contributed by atoms with E-state index in [4.69, 9.17) is 10.5 Å². The van der Waals surface area contributed by atoms with Crippen LogP contribution < -0.4 is 11.1 Å². The molecule has 22 heavy (non-hydrogen) atoms. The second kappa shape index (κ2) is 8.88. The van der Waals surface area contributed by atoms with E-state index in [1.165, 1.54) is 44.9 Å². The van der Waals surface area contributed by atoms with Crippen LogP contribution in [-0.2, 0) is 9.53 Å². The summed E-state index contributed by atoms with van der Waals surface area (Å²) >= 11 is 0. The molecule has 2 saturated carbocycles. The van der Waals surface area contributed by atoms with E-state index in [1.807, 2.05) is 0 Å². The Labute approximate surface area is 135 Å². The largest absolute Gasteiger partial charge is 0.376 e. The van der Waals surface area contributed by atoms with Crippen molar-refractivity contribution in [2.24, 2.45) is 17.1 Å². The van der Waals surface area contributed by atoms with Gasteiger partial charge in [-0.15, -0.1) is 0 Å². The van der Waals surface area contributed by atoms with Gasteiger partial charge < -0.3 is 15.8 Å². The van der Waals surface area contributed by atoms with Crippen LogP contribution in [0.2, 0.25) is 0 Å². The van der Waals surface area contributed by atoms with Crippen LogP contribution in [0.4, 0.5) is 0 Å². The fraction of sp³-hybridized carbons (Fsp3) is 0.944. The molecular weight excluding hydrogens is 276 g/mol. The predicted octanol–water partition coefficient (Wildman–Crippen LogP) is 3.00. The van der Waals surface area contributed by atoms with Crippen LogP contribution in [0.5, 0.6) is 0 Å². The maximum absolute atomic E-state index is 12.2. The molecule has 2 aliphatic rings. The van der Waals surface area contributed by atoms with Gasteiger partial charge in [-0.3, -0.25) is 4.79 Å². The molecule has 0 heterocycles. The van der Waals surface area contributed by atoms with Crippen molar-refractivity contribution in [2.45, 2.75) is 77.2 Å². The molecule has 0 aromatic rings. The van der Waals surface area contributed by atoms with Gasteiger partial charge in [0.1, 0.15) is 0 Å². The van der Waals surface area contributed by atoms with Crippen molar-refractivity contribution in [3.05, 3.63) is 0 Å². The standard InChI is InChI=1S/C18H34N2O2/c1-15-7-3-4-8-16(15)22-12-11-20-17(21)13-18(14-19)9-5-2-6-10-18/h15-16H,2-14,19H2,1H3,(H,20,21). The summed E-state index contributed by atoms with van der Waals surface area (Å²) in [4.78, 5) is 12.2. The molecular formula is C18H34N2O2. The summed E-state index contributed by atoms with van der Waals surface area (Å²) in [7, 11) is 0. The van der Waals surface area contributed by atoms with Crippen LogP contribution in [-0.4, -0.2) is 31.7 Å². The summed E-state index contributed by atoms with van der Waals surface area (Å²) in [6.07, 6.45) is 12.0. The highest BCUT2D eigenvalue weighted by atomic mass is 16.5. The smallest absolute Gasteiger partial charge is 0.220 e. The molecule has 0 aromatic heterocycles. The topological polar surface area (TPSA) is 64.3 Å². The second-order valence-corrected chi connectivity index (χ2v) is 7.46. The van der Waals surface area contributed by atoms with Gasteiger partial charge >= 0.3 is 0 Å². The van der Waals surface area contributed by atoms with Crippen LogP contribution in [0.15, 0.2) is 0 Å². The predicted molar refractivity (Wildman–Crippen MR) is 89.6 cm³/mol. The third-order valence-corrected chi connectivity index (χ3v) is 5.67. The van der Waals surface area contributed by atoms with E-state index in [1.54, 1.807) is 0 Å². The van der Waals surface area contributed by atoms with Gasteiger partial charge in [0.05, 0.1) is 12.7 Å². The molecule has 4 heteroatoms. The van der Waals surface area contributed by atoms with Gasteiger partial charge in [0.25, 0.3) is 0 Å². The first-order valence-corrected chi connectivity index (χ1v) is 9.24. The molecule has 2 rings (SSSR count). The van der Waals surface area contributed by atoms with Crippen molar-refractivity contribution < 1.29 is 9.53 Å². The van der Waals surface area contributed by atoms with Gasteiger partial charge in [-0.05, 0) is 43.6 Å². The maximum Gasteiger partial charge on any atom is 0.220 e. The summed E-state index contributed by atoms with van der Waals surface area (Å²) in [6, 6.07) is 0. The number of nitrogens with two attached hydrogens (primary N) is 1. The van der Waals surface area contributed by atoms with Crippen LogP contribution in [0.1, 0.15) is 71.1 Å². The third kappa shape index (κ3) is 5.24. The molecule has 2 aliphatic carbocycles. The van der Waals surface area contributed by atoms with Gasteiger partial charge in [-0.2, -0.15) is 0 Å². The zero-order valence-electron chi connectivity index (χ0n) is 14.2. The van der Waals surface area contributed by atoms with Crippen molar-refractivity contribution in [1.82, 2.24) is 5.32 Å². The van der Waals surface area contributed by atoms with Gasteiger partial charge in [-0.25, -0.2) is 0 Å². The number of carbonyl (C=O) groups excluding carboxylic acids is 1. The molecule has 0 bridgehead atoms. The lowest BCUT2D eigenvalue weighted by molar-refractivity contribution is -0.124. The summed E-state index contributed by atoms with van der Waals surface area (Å²) in [5.41, 5.74) is 6.01. The first-order valence-electron chi connectivity index (χ1n) is 9.24. The molecule has 0 aliphatic heterocycles. The molecule has 2 unspecified atom stereocenters. The molecule has 1 amide bonds. The Morgan fingerprint density at radius 1 is 1.18 bits per heavy atom. The number of hydrogen-bond acceptors (Lipinski definition) is 3. The Morgan fingerprint density at radius 2 is 1.91 bits per heavy atom. The van der Waals surface area contributed by atoms with E-state index in [9.17, 15) is 4.79 Å². The first-order chi connectivity index (χ1) is 10.7. The van der Waals surface area contributed by atoms with Gasteiger partial charge in [0, 0.05) is 13.0 Å². The molecule has 0 spiro atoms. The number of hydrogen-bond donors (Lipinski definition) is 2. The molecule has 2 atom stereocenters. The van der Waals surface area contributed by atoms with Gasteiger partial charge in [0.15, 0.2) is 0 Å². The van der Waals surface area contributed by atoms with Crippen molar-refractivity contribution >= 4 is 5.91 Å². The van der Waals surface area contributed by atoms with E-state index >= 15 is 0 Å². The molecule has 2 fully saturated rings. The van der Waals surface area contributed by atoms with Crippen molar-refractivity contribution in [3.8, 4) is 0 Å². The highest BCUT2D eigenvalue weighted by Crippen LogP contribution is 2.38. The lowest BCUT2D eigenvalue weighted by atomic mass is 9.72. The molecule has 4 nitrogen and oxygen atoms in total. The van der Waals surface area contributed by atoms with Crippen molar-refractivity contribution in [3.63, 3.8) is 0 Å². The highest BCUT2D eigenvalue weighted by molar-refractivity contribution is 5.76. The van der Waals surface area contributed by atoms with Crippen molar-refractivity contribution in [2.75, 3.05) is 19.7 Å². The zero-order chi connectivity index (χ0) is 15.8. The Hall–Kier alpha value is -0.610. The SMILES string of the molecule is CC1CCCCC1OCCNC(=O)CC1(CN)CCCCC1. The first kappa shape index (κ1) is 17.7. The molecule has 0 radical (unpaired) electrons. The van der Waals surface area contributed by atoms with Crippen LogP contribution >= 0.6 is 0 Å². The minimum Gasteiger partial charge on any atom is -0.376 e. The quantitative estimate of drug-likeness (QED) is 0.711. The van der Waals surface area contributed by atoms with Gasteiger partial charge in [0.2, 0.25) is 5.91 Å². The average molecular weight is 310 g/mol. The summed E-state index contributed by atoms with van der Waals surface area (Å²) < 4.78 is 5.95. The Bertz CT molecular complexity index is 340. The van der Waals surface area contributed by atoms with Crippen LogP contribution in [0.3, 0.4) is 0 Å². The minimum atomic E-state index is 0.0566. The van der Waals surface area contributed by atoms with E-state index in [0.717, 1.165) is 12.8 Å². The lowest BCUT2D eigenvalue weighted by Crippen LogP contribution is -2.39. The summed E-state index contributed by atoms with van der Waals surface area (Å²) in [6.45, 7) is 4.17. The van der Waals surface area contributed by atoms with E-state index in [2.05, 4.69) is 12.2 Å². The number of amides is 1. The molecule has 0 saturated heterocycles. The minimum absolute atomic E-state index is 0.0566. The molecule has 3 N–H and O–H groups in total. The Kier molecular flexibility index (Phi) is 7.16. The maximum atomic E-state index is 12.2. The van der Waals surface area contributed by atoms with E-state index in [-0.39, 0.29) is 11.3 Å². The highest BCUT2D eigenvalue weighted by Gasteiger charge is 2.32. The fourth-order valence-corrected chi connectivity index (χ4v) is 4.09. The van der Waals surface area contributed by atoms with Crippen molar-refractivity contribution in [1.29, 1.82) is 0 Å². The second-order valence-electron chi connectivity index (χ2n) is 7.46. The monoisotopic (exact) mass is 310 g/mol. The average Bonchev–Trinajstić information content (AvgIpc) is 2.54. The molecule has 128 valence electrons. The fourth-order valence-electron chi connectivity index (χ4n) is 4.09. The number of carbonyl (C=O) groups is 1. The number of ether oxygens (including phenoxy) is 1. The van der Waals surface area contributed by atoms with E-state index in [0.29, 0.717) is 38.1 Å². The van der Waals surface area contributed by atoms with Crippen LogP contribution in [0.25, 0.3) is 0 Å². The summed E-state index contributed by atoms with van der Waals surface area (Å²) in [5.74, 6) is 0.805. The normalized spacial score (nSPS) is 28.3. The number of rotatable bonds is 7. The third-order valence-electron chi connectivity index (χ3n) is 5.67. The van der Waals surface area contributed by atoms with Gasteiger partial charge in [-0.1, -0.05) is 39.0 Å². The van der Waals surface area contributed by atoms with Crippen LogP contribution in [0, 0.1) is 11.3 Å².